The lowest BCUT2D eigenvalue weighted by atomic mass is 9.73. The minimum atomic E-state index is -0.849. The normalized spacial score (nSPS) is 24.0. The Morgan fingerprint density at radius 2 is 2.10 bits per heavy atom. The van der Waals surface area contributed by atoms with E-state index in [0.29, 0.717) is 12.1 Å². The zero-order valence-electron chi connectivity index (χ0n) is 17.8. The fourth-order valence-electron chi connectivity index (χ4n) is 4.86. The summed E-state index contributed by atoms with van der Waals surface area (Å²) < 4.78 is 2.15. The summed E-state index contributed by atoms with van der Waals surface area (Å²) in [4.78, 5) is 43.8. The SMILES string of the molecule is CCc1nc2cc(NC(=O)CN3C(=O)N[C@]4(CCCC[C@H]4C)C3=O)ccc2n1CC. The third kappa shape index (κ3) is 3.24. The van der Waals surface area contributed by atoms with E-state index in [1.54, 1.807) is 0 Å². The maximum atomic E-state index is 13.0. The Balaban J connectivity index is 1.48. The average molecular weight is 412 g/mol. The molecule has 8 heteroatoms. The lowest BCUT2D eigenvalue weighted by molar-refractivity contribution is -0.136. The van der Waals surface area contributed by atoms with Crippen LogP contribution in [0.3, 0.4) is 0 Å². The van der Waals surface area contributed by atoms with E-state index in [0.717, 1.165) is 54.0 Å². The number of aryl methyl sites for hydroxylation is 2. The minimum Gasteiger partial charge on any atom is -0.328 e. The number of rotatable bonds is 5. The van der Waals surface area contributed by atoms with Crippen LogP contribution in [0.2, 0.25) is 0 Å². The highest BCUT2D eigenvalue weighted by Crippen LogP contribution is 2.38. The molecule has 1 saturated carbocycles. The van der Waals surface area contributed by atoms with Gasteiger partial charge < -0.3 is 15.2 Å². The van der Waals surface area contributed by atoms with Gasteiger partial charge in [0.05, 0.1) is 11.0 Å². The second-order valence-electron chi connectivity index (χ2n) is 8.32. The van der Waals surface area contributed by atoms with Crippen LogP contribution in [0.25, 0.3) is 11.0 Å². The Hall–Kier alpha value is -2.90. The van der Waals surface area contributed by atoms with Gasteiger partial charge in [-0.2, -0.15) is 0 Å². The average Bonchev–Trinajstić information content (AvgIpc) is 3.20. The first-order valence-electron chi connectivity index (χ1n) is 10.8. The van der Waals surface area contributed by atoms with E-state index in [-0.39, 0.29) is 18.4 Å². The number of carbonyl (C=O) groups excluding carboxylic acids is 3. The number of hydrogen-bond donors (Lipinski definition) is 2. The zero-order valence-corrected chi connectivity index (χ0v) is 17.8. The van der Waals surface area contributed by atoms with Gasteiger partial charge in [-0.15, -0.1) is 0 Å². The summed E-state index contributed by atoms with van der Waals surface area (Å²) in [6, 6.07) is 5.11. The van der Waals surface area contributed by atoms with Gasteiger partial charge in [0.1, 0.15) is 17.9 Å². The Morgan fingerprint density at radius 3 is 2.80 bits per heavy atom. The van der Waals surface area contributed by atoms with Crippen molar-refractivity contribution in [3.63, 3.8) is 0 Å². The van der Waals surface area contributed by atoms with E-state index in [9.17, 15) is 14.4 Å². The van der Waals surface area contributed by atoms with E-state index in [2.05, 4.69) is 34.0 Å². The molecule has 0 unspecified atom stereocenters. The van der Waals surface area contributed by atoms with Crippen molar-refractivity contribution in [2.75, 3.05) is 11.9 Å². The number of imidazole rings is 1. The number of fused-ring (bicyclic) bond motifs is 1. The molecule has 1 aliphatic carbocycles. The predicted octanol–water partition coefficient (Wildman–Crippen LogP) is 3.06. The molecular formula is C22H29N5O3. The maximum absolute atomic E-state index is 13.0. The number of benzene rings is 1. The zero-order chi connectivity index (χ0) is 21.5. The highest BCUT2D eigenvalue weighted by atomic mass is 16.2. The van der Waals surface area contributed by atoms with Crippen LogP contribution in [-0.4, -0.2) is 44.4 Å². The molecule has 2 atom stereocenters. The first-order chi connectivity index (χ1) is 14.4. The van der Waals surface area contributed by atoms with Crippen LogP contribution in [0.1, 0.15) is 52.3 Å². The monoisotopic (exact) mass is 411 g/mol. The highest BCUT2D eigenvalue weighted by Gasteiger charge is 2.55. The Labute approximate surface area is 176 Å². The molecule has 1 aliphatic heterocycles. The number of imide groups is 1. The van der Waals surface area contributed by atoms with Gasteiger partial charge in [0, 0.05) is 18.7 Å². The second-order valence-corrected chi connectivity index (χ2v) is 8.32. The Kier molecular flexibility index (Phi) is 5.26. The molecule has 0 radical (unpaired) electrons. The van der Waals surface area contributed by atoms with E-state index in [4.69, 9.17) is 0 Å². The molecule has 1 aromatic carbocycles. The number of anilines is 1. The molecule has 2 N–H and O–H groups in total. The van der Waals surface area contributed by atoms with Crippen molar-refractivity contribution in [3.05, 3.63) is 24.0 Å². The van der Waals surface area contributed by atoms with Crippen molar-refractivity contribution >= 4 is 34.6 Å². The number of aromatic nitrogens is 2. The van der Waals surface area contributed by atoms with Crippen LogP contribution in [0, 0.1) is 5.92 Å². The maximum Gasteiger partial charge on any atom is 0.325 e. The standard InChI is InChI=1S/C22H29N5O3/c1-4-18-24-16-12-15(9-10-17(16)26(18)5-2)23-19(28)13-27-20(29)22(25-21(27)30)11-7-6-8-14(22)3/h9-10,12,14H,4-8,11,13H2,1-3H3,(H,23,28)(H,25,30)/t14-,22+/m1/s1. The fraction of sp³-hybridized carbons (Fsp3) is 0.545. The third-order valence-electron chi connectivity index (χ3n) is 6.55. The van der Waals surface area contributed by atoms with Crippen molar-refractivity contribution in [1.29, 1.82) is 0 Å². The molecule has 4 amide bonds. The van der Waals surface area contributed by atoms with E-state index >= 15 is 0 Å². The van der Waals surface area contributed by atoms with E-state index in [1.807, 2.05) is 25.1 Å². The topological polar surface area (TPSA) is 96.3 Å². The Morgan fingerprint density at radius 1 is 1.30 bits per heavy atom. The molecule has 30 heavy (non-hydrogen) atoms. The molecule has 2 fully saturated rings. The summed E-state index contributed by atoms with van der Waals surface area (Å²) >= 11 is 0. The summed E-state index contributed by atoms with van der Waals surface area (Å²) in [5, 5.41) is 5.69. The molecule has 4 rings (SSSR count). The number of nitrogens with zero attached hydrogens (tertiary/aromatic N) is 3. The molecule has 2 aromatic rings. The molecule has 1 aromatic heterocycles. The van der Waals surface area contributed by atoms with Gasteiger partial charge in [0.15, 0.2) is 0 Å². The lowest BCUT2D eigenvalue weighted by Gasteiger charge is -2.36. The van der Waals surface area contributed by atoms with Gasteiger partial charge in [-0.25, -0.2) is 9.78 Å². The summed E-state index contributed by atoms with van der Waals surface area (Å²) in [6.45, 7) is 6.68. The summed E-state index contributed by atoms with van der Waals surface area (Å²) in [7, 11) is 0. The fourth-order valence-corrected chi connectivity index (χ4v) is 4.86. The number of nitrogens with one attached hydrogen (secondary N) is 2. The van der Waals surface area contributed by atoms with Crippen molar-refractivity contribution in [2.45, 2.75) is 65.0 Å². The Bertz CT molecular complexity index is 1010. The molecule has 1 saturated heterocycles. The van der Waals surface area contributed by atoms with Gasteiger partial charge in [-0.05, 0) is 43.9 Å². The smallest absolute Gasteiger partial charge is 0.325 e. The number of urea groups is 1. The van der Waals surface area contributed by atoms with Gasteiger partial charge >= 0.3 is 6.03 Å². The molecule has 0 bridgehead atoms. The number of hydrogen-bond acceptors (Lipinski definition) is 4. The second kappa shape index (κ2) is 7.74. The molecular weight excluding hydrogens is 382 g/mol. The molecule has 2 heterocycles. The first-order valence-corrected chi connectivity index (χ1v) is 10.8. The van der Waals surface area contributed by atoms with E-state index in [1.165, 1.54) is 0 Å². The van der Waals surface area contributed by atoms with Gasteiger partial charge in [-0.1, -0.05) is 26.7 Å². The van der Waals surface area contributed by atoms with Crippen molar-refractivity contribution in [2.24, 2.45) is 5.92 Å². The summed E-state index contributed by atoms with van der Waals surface area (Å²) in [5.41, 5.74) is 1.59. The quantitative estimate of drug-likeness (QED) is 0.739. The van der Waals surface area contributed by atoms with Crippen LogP contribution >= 0.6 is 0 Å². The molecule has 1 spiro atoms. The number of amides is 4. The molecule has 8 nitrogen and oxygen atoms in total. The molecule has 160 valence electrons. The third-order valence-corrected chi connectivity index (χ3v) is 6.55. The number of carbonyl (C=O) groups is 3. The first kappa shape index (κ1) is 20.4. The van der Waals surface area contributed by atoms with Gasteiger partial charge in [0.25, 0.3) is 5.91 Å². The summed E-state index contributed by atoms with van der Waals surface area (Å²) in [5.74, 6) is 0.394. The van der Waals surface area contributed by atoms with Crippen LogP contribution in [0.15, 0.2) is 18.2 Å². The van der Waals surface area contributed by atoms with Crippen LogP contribution in [0.5, 0.6) is 0 Å². The minimum absolute atomic E-state index is 0.0691. The molecule has 2 aliphatic rings. The van der Waals surface area contributed by atoms with Crippen molar-refractivity contribution < 1.29 is 14.4 Å². The largest absolute Gasteiger partial charge is 0.328 e. The van der Waals surface area contributed by atoms with Crippen molar-refractivity contribution in [1.82, 2.24) is 19.8 Å². The van der Waals surface area contributed by atoms with Crippen LogP contribution < -0.4 is 10.6 Å². The predicted molar refractivity (Wildman–Crippen MR) is 114 cm³/mol. The van der Waals surface area contributed by atoms with Crippen LogP contribution in [0.4, 0.5) is 10.5 Å². The summed E-state index contributed by atoms with van der Waals surface area (Å²) in [6.07, 6.45) is 4.32. The highest BCUT2D eigenvalue weighted by molar-refractivity contribution is 6.10. The van der Waals surface area contributed by atoms with E-state index < -0.39 is 17.5 Å². The van der Waals surface area contributed by atoms with Gasteiger partial charge in [0.2, 0.25) is 5.91 Å². The van der Waals surface area contributed by atoms with Crippen molar-refractivity contribution in [3.8, 4) is 0 Å². The van der Waals surface area contributed by atoms with Crippen LogP contribution in [-0.2, 0) is 22.6 Å². The lowest BCUT2D eigenvalue weighted by Crippen LogP contribution is -2.54. The van der Waals surface area contributed by atoms with Gasteiger partial charge in [-0.3, -0.25) is 14.5 Å².